The molecule has 1 aliphatic rings. The fraction of sp³-hybridized carbons (Fsp3) is 0.333. The van der Waals surface area contributed by atoms with Gasteiger partial charge in [-0.1, -0.05) is 43.2 Å². The predicted octanol–water partition coefficient (Wildman–Crippen LogP) is 4.53. The monoisotopic (exact) mass is 334 g/mol. The van der Waals surface area contributed by atoms with E-state index >= 15 is 0 Å². The van der Waals surface area contributed by atoms with Crippen molar-refractivity contribution in [1.29, 1.82) is 0 Å². The number of amides is 1. The van der Waals surface area contributed by atoms with E-state index in [1.54, 1.807) is 0 Å². The van der Waals surface area contributed by atoms with E-state index in [4.69, 9.17) is 0 Å². The Kier molecular flexibility index (Phi) is 4.30. The van der Waals surface area contributed by atoms with Crippen LogP contribution in [0.5, 0.6) is 0 Å². The number of benzene rings is 1. The summed E-state index contributed by atoms with van der Waals surface area (Å²) < 4.78 is 38.2. The van der Waals surface area contributed by atoms with Gasteiger partial charge in [0.2, 0.25) is 6.41 Å². The molecule has 0 aliphatic heterocycles. The molecule has 3 nitrogen and oxygen atoms in total. The Morgan fingerprint density at radius 1 is 1.04 bits per heavy atom. The van der Waals surface area contributed by atoms with Crippen LogP contribution in [0.2, 0.25) is 0 Å². The topological polar surface area (TPSA) is 33.2 Å². The third kappa shape index (κ3) is 2.88. The Morgan fingerprint density at radius 3 is 2.21 bits per heavy atom. The highest BCUT2D eigenvalue weighted by atomic mass is 19.4. The Morgan fingerprint density at radius 2 is 1.71 bits per heavy atom. The molecule has 24 heavy (non-hydrogen) atoms. The van der Waals surface area contributed by atoms with Crippen molar-refractivity contribution in [3.05, 3.63) is 59.8 Å². The van der Waals surface area contributed by atoms with Crippen molar-refractivity contribution in [2.45, 2.75) is 37.4 Å². The maximum Gasteiger partial charge on any atom is 0.417 e. The first-order valence-corrected chi connectivity index (χ1v) is 7.81. The van der Waals surface area contributed by atoms with Crippen LogP contribution in [-0.2, 0) is 16.5 Å². The van der Waals surface area contributed by atoms with Crippen molar-refractivity contribution >= 4 is 12.2 Å². The molecule has 0 atom stereocenters. The van der Waals surface area contributed by atoms with Crippen molar-refractivity contribution < 1.29 is 18.0 Å². The van der Waals surface area contributed by atoms with Crippen LogP contribution < -0.4 is 4.90 Å². The first kappa shape index (κ1) is 16.5. The number of aromatic nitrogens is 1. The van der Waals surface area contributed by atoms with Gasteiger partial charge in [-0.3, -0.25) is 9.69 Å². The van der Waals surface area contributed by atoms with Crippen molar-refractivity contribution in [3.63, 3.8) is 0 Å². The van der Waals surface area contributed by atoms with E-state index in [0.29, 0.717) is 6.41 Å². The maximum atomic E-state index is 12.7. The van der Waals surface area contributed by atoms with Gasteiger partial charge in [0, 0.05) is 6.20 Å². The van der Waals surface area contributed by atoms with Crippen LogP contribution >= 0.6 is 0 Å². The molecule has 0 bridgehead atoms. The van der Waals surface area contributed by atoms with Crippen LogP contribution in [0.25, 0.3) is 0 Å². The molecule has 0 spiro atoms. The van der Waals surface area contributed by atoms with Crippen molar-refractivity contribution in [2.24, 2.45) is 0 Å². The first-order chi connectivity index (χ1) is 11.5. The number of pyridine rings is 1. The largest absolute Gasteiger partial charge is 0.417 e. The van der Waals surface area contributed by atoms with E-state index in [1.807, 2.05) is 30.3 Å². The standard InChI is InChI=1S/C18H17F3N2O/c19-18(20,21)15-8-9-16(22-12-15)23(13-24)17(10-4-5-11-17)14-6-2-1-3-7-14/h1-3,6-9,12-13H,4-5,10-11H2. The van der Waals surface area contributed by atoms with E-state index in [9.17, 15) is 18.0 Å². The summed E-state index contributed by atoms with van der Waals surface area (Å²) in [5.74, 6) is 0.240. The molecule has 0 saturated heterocycles. The zero-order chi connectivity index (χ0) is 17.2. The van der Waals surface area contributed by atoms with Gasteiger partial charge in [0.25, 0.3) is 0 Å². The van der Waals surface area contributed by atoms with Crippen LogP contribution in [0.15, 0.2) is 48.7 Å². The minimum atomic E-state index is -4.44. The number of nitrogens with zero attached hydrogens (tertiary/aromatic N) is 2. The van der Waals surface area contributed by atoms with Gasteiger partial charge in [0.1, 0.15) is 5.82 Å². The number of hydrogen-bond acceptors (Lipinski definition) is 2. The molecule has 126 valence electrons. The SMILES string of the molecule is O=CN(c1ccc(C(F)(F)F)cn1)C1(c2ccccc2)CCCC1. The number of anilines is 1. The fourth-order valence-electron chi connectivity index (χ4n) is 3.45. The third-order valence-electron chi connectivity index (χ3n) is 4.63. The van der Waals surface area contributed by atoms with Crippen LogP contribution in [-0.4, -0.2) is 11.4 Å². The second-order valence-corrected chi connectivity index (χ2v) is 5.98. The first-order valence-electron chi connectivity index (χ1n) is 7.81. The lowest BCUT2D eigenvalue weighted by Gasteiger charge is -2.38. The normalized spacial score (nSPS) is 16.8. The minimum absolute atomic E-state index is 0.240. The van der Waals surface area contributed by atoms with E-state index < -0.39 is 17.3 Å². The fourth-order valence-corrected chi connectivity index (χ4v) is 3.45. The van der Waals surface area contributed by atoms with E-state index in [1.165, 1.54) is 11.0 Å². The maximum absolute atomic E-state index is 12.7. The summed E-state index contributed by atoms with van der Waals surface area (Å²) >= 11 is 0. The van der Waals surface area contributed by atoms with E-state index in [2.05, 4.69) is 4.98 Å². The van der Waals surface area contributed by atoms with Crippen LogP contribution in [0.1, 0.15) is 36.8 Å². The van der Waals surface area contributed by atoms with Gasteiger partial charge < -0.3 is 0 Å². The Hall–Kier alpha value is -2.37. The predicted molar refractivity (Wildman–Crippen MR) is 84.4 cm³/mol. The number of halogens is 3. The lowest BCUT2D eigenvalue weighted by Crippen LogP contribution is -2.44. The molecule has 0 N–H and O–H groups in total. The number of carbonyl (C=O) groups excluding carboxylic acids is 1. The van der Waals surface area contributed by atoms with Gasteiger partial charge in [-0.15, -0.1) is 0 Å². The molecule has 3 rings (SSSR count). The van der Waals surface area contributed by atoms with Crippen molar-refractivity contribution in [1.82, 2.24) is 4.98 Å². The summed E-state index contributed by atoms with van der Waals surface area (Å²) in [4.78, 5) is 17.2. The summed E-state index contributed by atoms with van der Waals surface area (Å²) in [7, 11) is 0. The number of hydrogen-bond donors (Lipinski definition) is 0. The van der Waals surface area contributed by atoms with Crippen molar-refractivity contribution in [2.75, 3.05) is 4.90 Å². The van der Waals surface area contributed by atoms with Gasteiger partial charge in [-0.25, -0.2) is 4.98 Å². The molecule has 1 aromatic heterocycles. The Bertz CT molecular complexity index is 692. The molecule has 1 fully saturated rings. The highest BCUT2D eigenvalue weighted by Gasteiger charge is 2.42. The summed E-state index contributed by atoms with van der Waals surface area (Å²) in [6, 6.07) is 11.8. The molecule has 1 aliphatic carbocycles. The second kappa shape index (κ2) is 6.26. The number of rotatable bonds is 4. The van der Waals surface area contributed by atoms with Gasteiger partial charge in [-0.2, -0.15) is 13.2 Å². The Balaban J connectivity index is 2.01. The van der Waals surface area contributed by atoms with Gasteiger partial charge >= 0.3 is 6.18 Å². The van der Waals surface area contributed by atoms with Crippen LogP contribution in [0.3, 0.4) is 0 Å². The highest BCUT2D eigenvalue weighted by Crippen LogP contribution is 2.45. The quantitative estimate of drug-likeness (QED) is 0.770. The Labute approximate surface area is 138 Å². The molecule has 0 radical (unpaired) electrons. The second-order valence-electron chi connectivity index (χ2n) is 5.98. The van der Waals surface area contributed by atoms with Gasteiger partial charge in [0.05, 0.1) is 11.1 Å². The minimum Gasteiger partial charge on any atom is -0.289 e. The van der Waals surface area contributed by atoms with Crippen molar-refractivity contribution in [3.8, 4) is 0 Å². The van der Waals surface area contributed by atoms with Crippen LogP contribution in [0.4, 0.5) is 19.0 Å². The van der Waals surface area contributed by atoms with Gasteiger partial charge in [0.15, 0.2) is 0 Å². The smallest absolute Gasteiger partial charge is 0.289 e. The average molecular weight is 334 g/mol. The zero-order valence-corrected chi connectivity index (χ0v) is 13.0. The highest BCUT2D eigenvalue weighted by molar-refractivity contribution is 5.76. The lowest BCUT2D eigenvalue weighted by molar-refractivity contribution is -0.137. The molecule has 1 saturated carbocycles. The summed E-state index contributed by atoms with van der Waals surface area (Å²) in [5, 5.41) is 0. The molecule has 1 amide bonds. The average Bonchev–Trinajstić information content (AvgIpc) is 3.07. The molecule has 1 aromatic carbocycles. The summed E-state index contributed by atoms with van der Waals surface area (Å²) in [6.07, 6.45) is 0.450. The van der Waals surface area contributed by atoms with E-state index in [-0.39, 0.29) is 5.82 Å². The number of alkyl halides is 3. The number of carbonyl (C=O) groups is 1. The van der Waals surface area contributed by atoms with Crippen LogP contribution in [0, 0.1) is 0 Å². The lowest BCUT2D eigenvalue weighted by atomic mass is 9.86. The molecule has 6 heteroatoms. The van der Waals surface area contributed by atoms with Gasteiger partial charge in [-0.05, 0) is 30.5 Å². The summed E-state index contributed by atoms with van der Waals surface area (Å²) in [5.41, 5.74) is -0.385. The summed E-state index contributed by atoms with van der Waals surface area (Å²) in [6.45, 7) is 0. The molecule has 0 unspecified atom stereocenters. The third-order valence-corrected chi connectivity index (χ3v) is 4.63. The molecular weight excluding hydrogens is 317 g/mol. The molecule has 2 aromatic rings. The molecular formula is C18H17F3N2O. The molecule has 1 heterocycles. The zero-order valence-electron chi connectivity index (χ0n) is 13.0. The van der Waals surface area contributed by atoms with E-state index in [0.717, 1.165) is 43.5 Å².